The lowest BCUT2D eigenvalue weighted by atomic mass is 10.1. The van der Waals surface area contributed by atoms with Gasteiger partial charge in [0, 0.05) is 32.0 Å². The number of nitrogens with one attached hydrogen (secondary N) is 3. The van der Waals surface area contributed by atoms with Crippen molar-refractivity contribution in [3.8, 4) is 0 Å². The number of fused-ring (bicyclic) bond motifs is 1. The van der Waals surface area contributed by atoms with E-state index in [1.54, 1.807) is 18.6 Å². The van der Waals surface area contributed by atoms with Crippen LogP contribution in [0.25, 0.3) is 0 Å². The molecule has 114 valence electrons. The summed E-state index contributed by atoms with van der Waals surface area (Å²) in [6.07, 6.45) is 6.15. The number of hydrogen-bond acceptors (Lipinski definition) is 3. The number of aryl methyl sites for hydroxylation is 1. The molecule has 1 aliphatic rings. The van der Waals surface area contributed by atoms with Gasteiger partial charge in [0.1, 0.15) is 0 Å². The van der Waals surface area contributed by atoms with E-state index in [9.17, 15) is 9.59 Å². The first kappa shape index (κ1) is 14.1. The molecule has 0 aliphatic carbocycles. The van der Waals surface area contributed by atoms with E-state index in [1.165, 1.54) is 0 Å². The number of carbonyl (C=O) groups excluding carboxylic acids is 2. The fraction of sp³-hybridized carbons (Fsp3) is 0.267. The van der Waals surface area contributed by atoms with Gasteiger partial charge in [0.2, 0.25) is 0 Å². The zero-order chi connectivity index (χ0) is 15.4. The number of hydrogen-bond donors (Lipinski definition) is 3. The van der Waals surface area contributed by atoms with Gasteiger partial charge in [-0.15, -0.1) is 0 Å². The van der Waals surface area contributed by atoms with E-state index >= 15 is 0 Å². The van der Waals surface area contributed by atoms with Crippen molar-refractivity contribution in [1.29, 1.82) is 0 Å². The highest BCUT2D eigenvalue weighted by Gasteiger charge is 2.22. The van der Waals surface area contributed by atoms with Crippen molar-refractivity contribution < 1.29 is 9.59 Å². The Morgan fingerprint density at radius 1 is 1.41 bits per heavy atom. The van der Waals surface area contributed by atoms with E-state index < -0.39 is 0 Å². The van der Waals surface area contributed by atoms with Gasteiger partial charge in [-0.05, 0) is 18.1 Å². The summed E-state index contributed by atoms with van der Waals surface area (Å²) < 4.78 is 1.95. The summed E-state index contributed by atoms with van der Waals surface area (Å²) in [4.78, 5) is 27.6. The monoisotopic (exact) mass is 299 g/mol. The summed E-state index contributed by atoms with van der Waals surface area (Å²) in [5.41, 5.74) is 2.00. The maximum absolute atomic E-state index is 11.9. The van der Waals surface area contributed by atoms with Crippen molar-refractivity contribution in [3.63, 3.8) is 0 Å². The van der Waals surface area contributed by atoms with Gasteiger partial charge < -0.3 is 20.5 Å². The normalized spacial score (nSPS) is 12.6. The van der Waals surface area contributed by atoms with Crippen LogP contribution in [0.2, 0.25) is 0 Å². The van der Waals surface area contributed by atoms with Crippen LogP contribution in [-0.2, 0) is 13.1 Å². The molecule has 7 heteroatoms. The maximum atomic E-state index is 11.9. The molecule has 0 saturated carbocycles. The number of nitrogens with zero attached hydrogens (tertiary/aromatic N) is 2. The first-order valence-electron chi connectivity index (χ1n) is 7.15. The molecule has 7 nitrogen and oxygen atoms in total. The van der Waals surface area contributed by atoms with Gasteiger partial charge in [-0.25, -0.2) is 9.78 Å². The molecule has 0 bridgehead atoms. The van der Waals surface area contributed by atoms with Gasteiger partial charge in [0.05, 0.1) is 17.6 Å². The van der Waals surface area contributed by atoms with Crippen LogP contribution >= 0.6 is 0 Å². The minimum absolute atomic E-state index is 0.147. The Labute approximate surface area is 127 Å². The lowest BCUT2D eigenvalue weighted by Gasteiger charge is -2.10. The Morgan fingerprint density at radius 3 is 3.14 bits per heavy atom. The molecule has 3 rings (SSSR count). The van der Waals surface area contributed by atoms with E-state index in [-0.39, 0.29) is 11.9 Å². The molecule has 0 radical (unpaired) electrons. The Morgan fingerprint density at radius 2 is 2.32 bits per heavy atom. The van der Waals surface area contributed by atoms with Crippen molar-refractivity contribution in [1.82, 2.24) is 20.2 Å². The van der Waals surface area contributed by atoms with Gasteiger partial charge in [-0.1, -0.05) is 12.1 Å². The molecule has 1 aromatic carbocycles. The van der Waals surface area contributed by atoms with Crippen LogP contribution in [0.1, 0.15) is 22.3 Å². The van der Waals surface area contributed by atoms with Crippen LogP contribution in [0.4, 0.5) is 10.5 Å². The molecule has 0 atom stereocenters. The van der Waals surface area contributed by atoms with E-state index in [1.807, 2.05) is 22.9 Å². The largest absolute Gasteiger partial charge is 0.348 e. The van der Waals surface area contributed by atoms with E-state index in [0.717, 1.165) is 18.5 Å². The number of carbonyl (C=O) groups is 2. The molecule has 3 N–H and O–H groups in total. The molecular weight excluding hydrogens is 282 g/mol. The number of imidazole rings is 1. The van der Waals surface area contributed by atoms with Crippen molar-refractivity contribution in [2.45, 2.75) is 19.5 Å². The predicted molar refractivity (Wildman–Crippen MR) is 81.5 cm³/mol. The molecule has 3 amide bonds. The highest BCUT2D eigenvalue weighted by atomic mass is 16.2. The second kappa shape index (κ2) is 6.30. The van der Waals surface area contributed by atoms with E-state index in [0.29, 0.717) is 24.3 Å². The smallest absolute Gasteiger partial charge is 0.319 e. The van der Waals surface area contributed by atoms with Crippen molar-refractivity contribution in [3.05, 3.63) is 48.0 Å². The predicted octanol–water partition coefficient (Wildman–Crippen LogP) is 1.34. The summed E-state index contributed by atoms with van der Waals surface area (Å²) in [5.74, 6) is -0.147. The quantitative estimate of drug-likeness (QED) is 0.728. The van der Waals surface area contributed by atoms with Gasteiger partial charge >= 0.3 is 6.03 Å². The minimum atomic E-state index is -0.307. The van der Waals surface area contributed by atoms with E-state index in [2.05, 4.69) is 20.9 Å². The number of rotatable bonds is 5. The Hall–Kier alpha value is -2.83. The topological polar surface area (TPSA) is 88.1 Å². The van der Waals surface area contributed by atoms with Crippen LogP contribution in [0, 0.1) is 0 Å². The Bertz CT molecular complexity index is 681. The number of amides is 3. The summed E-state index contributed by atoms with van der Waals surface area (Å²) in [5, 5.41) is 8.27. The van der Waals surface area contributed by atoms with Crippen molar-refractivity contribution >= 4 is 17.6 Å². The molecule has 2 heterocycles. The number of urea groups is 1. The SMILES string of the molecule is O=C(NCCCn1ccnc1)Nc1cccc2c1C(=O)NC2. The van der Waals surface area contributed by atoms with Crippen LogP contribution in [0.5, 0.6) is 0 Å². The number of benzene rings is 1. The molecule has 1 aliphatic heterocycles. The molecule has 1 aromatic heterocycles. The van der Waals surface area contributed by atoms with Crippen LogP contribution in [-0.4, -0.2) is 28.0 Å². The zero-order valence-corrected chi connectivity index (χ0v) is 12.0. The molecule has 2 aromatic rings. The molecule has 0 saturated heterocycles. The first-order valence-corrected chi connectivity index (χ1v) is 7.15. The molecule has 0 spiro atoms. The molecule has 0 unspecified atom stereocenters. The van der Waals surface area contributed by atoms with Crippen molar-refractivity contribution in [2.75, 3.05) is 11.9 Å². The van der Waals surface area contributed by atoms with Crippen LogP contribution in [0.3, 0.4) is 0 Å². The molecule has 0 fully saturated rings. The number of aromatic nitrogens is 2. The van der Waals surface area contributed by atoms with Crippen LogP contribution < -0.4 is 16.0 Å². The van der Waals surface area contributed by atoms with E-state index in [4.69, 9.17) is 0 Å². The number of anilines is 1. The summed E-state index contributed by atoms with van der Waals surface area (Å²) in [7, 11) is 0. The maximum Gasteiger partial charge on any atom is 0.319 e. The zero-order valence-electron chi connectivity index (χ0n) is 12.0. The lowest BCUT2D eigenvalue weighted by Crippen LogP contribution is -2.30. The second-order valence-electron chi connectivity index (χ2n) is 5.06. The standard InChI is InChI=1S/C15H17N5O2/c21-14-13-11(9-18-14)3-1-4-12(13)19-15(22)17-5-2-7-20-8-6-16-10-20/h1,3-4,6,8,10H,2,5,7,9H2,(H,18,21)(H2,17,19,22). The van der Waals surface area contributed by atoms with Gasteiger partial charge in [0.15, 0.2) is 0 Å². The summed E-state index contributed by atoms with van der Waals surface area (Å²) in [6, 6.07) is 5.13. The van der Waals surface area contributed by atoms with Gasteiger partial charge in [0.25, 0.3) is 5.91 Å². The fourth-order valence-corrected chi connectivity index (χ4v) is 2.43. The first-order chi connectivity index (χ1) is 10.7. The average molecular weight is 299 g/mol. The molecule has 22 heavy (non-hydrogen) atoms. The van der Waals surface area contributed by atoms with Gasteiger partial charge in [-0.3, -0.25) is 4.79 Å². The van der Waals surface area contributed by atoms with Crippen LogP contribution in [0.15, 0.2) is 36.9 Å². The average Bonchev–Trinajstić information content (AvgIpc) is 3.14. The summed E-state index contributed by atoms with van der Waals surface area (Å²) >= 11 is 0. The Kier molecular flexibility index (Phi) is 4.04. The highest BCUT2D eigenvalue weighted by molar-refractivity contribution is 6.06. The lowest BCUT2D eigenvalue weighted by molar-refractivity contribution is 0.0966. The minimum Gasteiger partial charge on any atom is -0.348 e. The fourth-order valence-electron chi connectivity index (χ4n) is 2.43. The second-order valence-corrected chi connectivity index (χ2v) is 5.06. The summed E-state index contributed by atoms with van der Waals surface area (Å²) in [6.45, 7) is 1.85. The third kappa shape index (κ3) is 3.08. The Balaban J connectivity index is 1.50. The third-order valence-electron chi connectivity index (χ3n) is 3.50. The van der Waals surface area contributed by atoms with Gasteiger partial charge in [-0.2, -0.15) is 0 Å². The highest BCUT2D eigenvalue weighted by Crippen LogP contribution is 2.23. The van der Waals surface area contributed by atoms with Crippen molar-refractivity contribution in [2.24, 2.45) is 0 Å². The molecular formula is C15H17N5O2. The third-order valence-corrected chi connectivity index (χ3v) is 3.50.